The molecule has 3 nitrogen and oxygen atoms in total. The monoisotopic (exact) mass is 178 g/mol. The molecule has 0 saturated heterocycles. The molecule has 0 aromatic carbocycles. The van der Waals surface area contributed by atoms with E-state index in [-0.39, 0.29) is 6.10 Å². The number of imidazole rings is 1. The number of aliphatic hydroxyl groups is 1. The Morgan fingerprint density at radius 3 is 2.92 bits per heavy atom. The number of hydrogen-bond acceptors (Lipinski definition) is 2. The minimum atomic E-state index is -0.153. The Bertz CT molecular complexity index is 328. The van der Waals surface area contributed by atoms with Crippen molar-refractivity contribution in [1.82, 2.24) is 9.97 Å². The number of fused-ring (bicyclic) bond motifs is 1. The van der Waals surface area contributed by atoms with Crippen LogP contribution in [0.2, 0.25) is 0 Å². The molecule has 3 heteroatoms. The largest absolute Gasteiger partial charge is 0.393 e. The van der Waals surface area contributed by atoms with Crippen LogP contribution in [0.1, 0.15) is 42.4 Å². The van der Waals surface area contributed by atoms with Gasteiger partial charge in [-0.05, 0) is 25.7 Å². The van der Waals surface area contributed by atoms with E-state index in [1.165, 1.54) is 30.1 Å². The van der Waals surface area contributed by atoms with Crippen molar-refractivity contribution < 1.29 is 5.11 Å². The van der Waals surface area contributed by atoms with Gasteiger partial charge in [0.25, 0.3) is 0 Å². The molecule has 2 aliphatic rings. The van der Waals surface area contributed by atoms with Crippen LogP contribution in [0.15, 0.2) is 0 Å². The van der Waals surface area contributed by atoms with Gasteiger partial charge in [0.15, 0.2) is 0 Å². The molecule has 1 fully saturated rings. The Balaban J connectivity index is 1.93. The highest BCUT2D eigenvalue weighted by Crippen LogP contribution is 2.39. The fraction of sp³-hybridized carbons (Fsp3) is 0.700. The van der Waals surface area contributed by atoms with E-state index in [0.29, 0.717) is 5.92 Å². The van der Waals surface area contributed by atoms with Gasteiger partial charge in [-0.3, -0.25) is 0 Å². The van der Waals surface area contributed by atoms with Crippen LogP contribution in [0.5, 0.6) is 0 Å². The number of aromatic amines is 1. The molecule has 1 saturated carbocycles. The Morgan fingerprint density at radius 1 is 1.31 bits per heavy atom. The molecule has 70 valence electrons. The molecule has 0 amide bonds. The average molecular weight is 178 g/mol. The van der Waals surface area contributed by atoms with Gasteiger partial charge < -0.3 is 10.1 Å². The fourth-order valence-electron chi connectivity index (χ4n) is 2.03. The predicted molar refractivity (Wildman–Crippen MR) is 48.6 cm³/mol. The highest BCUT2D eigenvalue weighted by atomic mass is 16.3. The zero-order valence-corrected chi connectivity index (χ0v) is 7.58. The lowest BCUT2D eigenvalue weighted by Gasteiger charge is -2.14. The predicted octanol–water partition coefficient (Wildman–Crippen LogP) is 1.14. The zero-order valence-electron chi connectivity index (χ0n) is 7.58. The number of H-pyrrole nitrogens is 1. The highest BCUT2D eigenvalue weighted by Gasteiger charge is 2.29. The molecule has 1 heterocycles. The summed E-state index contributed by atoms with van der Waals surface area (Å²) < 4.78 is 0. The first-order valence-corrected chi connectivity index (χ1v) is 5.08. The van der Waals surface area contributed by atoms with Crippen molar-refractivity contribution in [2.45, 2.75) is 44.1 Å². The number of hydrogen-bond donors (Lipinski definition) is 2. The van der Waals surface area contributed by atoms with Crippen LogP contribution in [0, 0.1) is 0 Å². The van der Waals surface area contributed by atoms with Crippen molar-refractivity contribution >= 4 is 0 Å². The standard InChI is InChI=1S/C10H14N2O/c13-7-3-4-8-9(5-7)12-10(11-8)6-1-2-6/h6-7,13H,1-5H2,(H,11,12). The maximum absolute atomic E-state index is 9.47. The third-order valence-corrected chi connectivity index (χ3v) is 3.00. The molecule has 3 rings (SSSR count). The van der Waals surface area contributed by atoms with E-state index >= 15 is 0 Å². The third kappa shape index (κ3) is 1.27. The van der Waals surface area contributed by atoms with Crippen molar-refractivity contribution in [2.75, 3.05) is 0 Å². The maximum Gasteiger partial charge on any atom is 0.109 e. The van der Waals surface area contributed by atoms with Crippen LogP contribution >= 0.6 is 0 Å². The third-order valence-electron chi connectivity index (χ3n) is 3.00. The molecule has 0 bridgehead atoms. The maximum atomic E-state index is 9.47. The Morgan fingerprint density at radius 2 is 2.15 bits per heavy atom. The highest BCUT2D eigenvalue weighted by molar-refractivity contribution is 5.22. The number of nitrogens with one attached hydrogen (secondary N) is 1. The van der Waals surface area contributed by atoms with Gasteiger partial charge in [0, 0.05) is 18.0 Å². The number of aliphatic hydroxyl groups excluding tert-OH is 1. The molecule has 2 N–H and O–H groups in total. The van der Waals surface area contributed by atoms with Crippen molar-refractivity contribution in [3.63, 3.8) is 0 Å². The summed E-state index contributed by atoms with van der Waals surface area (Å²) in [5, 5.41) is 9.47. The lowest BCUT2D eigenvalue weighted by molar-refractivity contribution is 0.157. The summed E-state index contributed by atoms with van der Waals surface area (Å²) >= 11 is 0. The first kappa shape index (κ1) is 7.56. The molecule has 0 spiro atoms. The summed E-state index contributed by atoms with van der Waals surface area (Å²) in [7, 11) is 0. The van der Waals surface area contributed by atoms with E-state index in [4.69, 9.17) is 0 Å². The van der Waals surface area contributed by atoms with E-state index in [1.807, 2.05) is 0 Å². The van der Waals surface area contributed by atoms with Gasteiger partial charge in [0.05, 0.1) is 11.8 Å². The van der Waals surface area contributed by atoms with Crippen molar-refractivity contribution in [2.24, 2.45) is 0 Å². The van der Waals surface area contributed by atoms with Crippen LogP contribution in [0.4, 0.5) is 0 Å². The molecule has 13 heavy (non-hydrogen) atoms. The molecule has 1 aromatic heterocycles. The van der Waals surface area contributed by atoms with E-state index in [9.17, 15) is 5.11 Å². The van der Waals surface area contributed by atoms with E-state index < -0.39 is 0 Å². The SMILES string of the molecule is OC1CCc2nc(C3CC3)[nH]c2C1. The van der Waals surface area contributed by atoms with Crippen molar-refractivity contribution in [3.05, 3.63) is 17.2 Å². The van der Waals surface area contributed by atoms with Gasteiger partial charge in [-0.15, -0.1) is 0 Å². The second-order valence-electron chi connectivity index (χ2n) is 4.22. The van der Waals surface area contributed by atoms with Gasteiger partial charge in [0.1, 0.15) is 5.82 Å². The second kappa shape index (κ2) is 2.58. The Labute approximate surface area is 77.2 Å². The zero-order chi connectivity index (χ0) is 8.84. The summed E-state index contributed by atoms with van der Waals surface area (Å²) in [4.78, 5) is 7.94. The summed E-state index contributed by atoms with van der Waals surface area (Å²) in [6, 6.07) is 0. The van der Waals surface area contributed by atoms with Gasteiger partial charge in [-0.25, -0.2) is 4.98 Å². The second-order valence-corrected chi connectivity index (χ2v) is 4.22. The van der Waals surface area contributed by atoms with Crippen LogP contribution in [-0.4, -0.2) is 21.2 Å². The summed E-state index contributed by atoms with van der Waals surface area (Å²) in [6.07, 6.45) is 5.01. The van der Waals surface area contributed by atoms with Gasteiger partial charge >= 0.3 is 0 Å². The van der Waals surface area contributed by atoms with E-state index in [0.717, 1.165) is 19.3 Å². The fourth-order valence-corrected chi connectivity index (χ4v) is 2.03. The Kier molecular flexibility index (Phi) is 1.50. The minimum absolute atomic E-state index is 0.153. The quantitative estimate of drug-likeness (QED) is 0.677. The summed E-state index contributed by atoms with van der Waals surface area (Å²) in [5.74, 6) is 1.86. The lowest BCUT2D eigenvalue weighted by Crippen LogP contribution is -2.18. The summed E-state index contributed by atoms with van der Waals surface area (Å²) in [6.45, 7) is 0. The number of nitrogens with zero attached hydrogens (tertiary/aromatic N) is 1. The smallest absolute Gasteiger partial charge is 0.109 e. The van der Waals surface area contributed by atoms with Crippen LogP contribution in [0.3, 0.4) is 0 Å². The number of aryl methyl sites for hydroxylation is 1. The molecular weight excluding hydrogens is 164 g/mol. The van der Waals surface area contributed by atoms with Gasteiger partial charge in [-0.2, -0.15) is 0 Å². The molecule has 2 aliphatic carbocycles. The number of rotatable bonds is 1. The topological polar surface area (TPSA) is 48.9 Å². The van der Waals surface area contributed by atoms with Gasteiger partial charge in [0.2, 0.25) is 0 Å². The molecule has 1 atom stereocenters. The van der Waals surface area contributed by atoms with E-state index in [1.54, 1.807) is 0 Å². The molecule has 0 radical (unpaired) electrons. The minimum Gasteiger partial charge on any atom is -0.393 e. The molecule has 0 aliphatic heterocycles. The lowest BCUT2D eigenvalue weighted by atomic mass is 9.99. The van der Waals surface area contributed by atoms with Crippen LogP contribution in [0.25, 0.3) is 0 Å². The Hall–Kier alpha value is -0.830. The van der Waals surface area contributed by atoms with Gasteiger partial charge in [-0.1, -0.05) is 0 Å². The molecule has 1 aromatic rings. The summed E-state index contributed by atoms with van der Waals surface area (Å²) in [5.41, 5.74) is 2.38. The van der Waals surface area contributed by atoms with Crippen LogP contribution in [-0.2, 0) is 12.8 Å². The van der Waals surface area contributed by atoms with Crippen molar-refractivity contribution in [1.29, 1.82) is 0 Å². The first-order valence-electron chi connectivity index (χ1n) is 5.08. The molecule has 1 unspecified atom stereocenters. The number of aromatic nitrogens is 2. The molecular formula is C10H14N2O. The normalized spacial score (nSPS) is 27.3. The van der Waals surface area contributed by atoms with Crippen molar-refractivity contribution in [3.8, 4) is 0 Å². The van der Waals surface area contributed by atoms with Crippen LogP contribution < -0.4 is 0 Å². The average Bonchev–Trinajstić information content (AvgIpc) is 2.87. The first-order chi connectivity index (χ1) is 6.33. The van der Waals surface area contributed by atoms with E-state index in [2.05, 4.69) is 9.97 Å².